The normalized spacial score (nSPS) is 10.5. The van der Waals surface area contributed by atoms with Crippen LogP contribution in [0.3, 0.4) is 0 Å². The van der Waals surface area contributed by atoms with Crippen molar-refractivity contribution in [1.29, 1.82) is 0 Å². The van der Waals surface area contributed by atoms with Crippen LogP contribution in [0.5, 0.6) is 0 Å². The molecule has 0 saturated carbocycles. The highest BCUT2D eigenvalue weighted by Crippen LogP contribution is 2.21. The number of nitrogens with two attached hydrogens (primary N) is 1. The molecule has 0 fully saturated rings. The van der Waals surface area contributed by atoms with E-state index in [1.54, 1.807) is 12.1 Å². The molecule has 19 heavy (non-hydrogen) atoms. The lowest BCUT2D eigenvalue weighted by Crippen LogP contribution is -2.08. The summed E-state index contributed by atoms with van der Waals surface area (Å²) in [5.41, 5.74) is 10.4. The predicted octanol–water partition coefficient (Wildman–Crippen LogP) is 3.68. The molecule has 2 aromatic rings. The molecule has 3 heteroatoms. The van der Waals surface area contributed by atoms with Gasteiger partial charge >= 0.3 is 0 Å². The molecule has 100 valence electrons. The molecule has 0 radical (unpaired) electrons. The summed E-state index contributed by atoms with van der Waals surface area (Å²) >= 11 is 0. The van der Waals surface area contributed by atoms with Crippen molar-refractivity contribution in [3.63, 3.8) is 0 Å². The molecule has 0 heterocycles. The molecule has 0 aliphatic carbocycles. The number of aryl methyl sites for hydroxylation is 2. The van der Waals surface area contributed by atoms with Gasteiger partial charge in [0.1, 0.15) is 5.82 Å². The van der Waals surface area contributed by atoms with Crippen molar-refractivity contribution >= 4 is 11.4 Å². The van der Waals surface area contributed by atoms with E-state index in [4.69, 9.17) is 5.73 Å². The van der Waals surface area contributed by atoms with E-state index >= 15 is 0 Å². The van der Waals surface area contributed by atoms with Gasteiger partial charge in [-0.25, -0.2) is 4.39 Å². The van der Waals surface area contributed by atoms with E-state index in [0.717, 1.165) is 13.0 Å². The standard InChI is InChI=1S/C16H19FN2/c1-11-6-7-13(10-12(11)2)8-9-19-15-5-3-4-14(17)16(15)18/h3-7,10,19H,8-9,18H2,1-2H3. The van der Waals surface area contributed by atoms with Crippen molar-refractivity contribution in [3.8, 4) is 0 Å². The van der Waals surface area contributed by atoms with Crippen LogP contribution in [0.2, 0.25) is 0 Å². The summed E-state index contributed by atoms with van der Waals surface area (Å²) in [6, 6.07) is 11.2. The molecule has 0 amide bonds. The van der Waals surface area contributed by atoms with E-state index in [9.17, 15) is 4.39 Å². The zero-order valence-corrected chi connectivity index (χ0v) is 11.3. The highest BCUT2D eigenvalue weighted by Gasteiger charge is 2.03. The van der Waals surface area contributed by atoms with Gasteiger partial charge in [-0.1, -0.05) is 24.3 Å². The topological polar surface area (TPSA) is 38.0 Å². The second-order valence-corrected chi connectivity index (χ2v) is 4.80. The Kier molecular flexibility index (Phi) is 4.05. The Morgan fingerprint density at radius 1 is 1.11 bits per heavy atom. The zero-order valence-electron chi connectivity index (χ0n) is 11.3. The molecule has 2 nitrogen and oxygen atoms in total. The molecule has 0 saturated heterocycles. The quantitative estimate of drug-likeness (QED) is 0.821. The number of nitrogens with one attached hydrogen (secondary N) is 1. The second kappa shape index (κ2) is 5.74. The maximum atomic E-state index is 13.3. The van der Waals surface area contributed by atoms with Gasteiger partial charge in [-0.15, -0.1) is 0 Å². The fourth-order valence-corrected chi connectivity index (χ4v) is 1.99. The summed E-state index contributed by atoms with van der Waals surface area (Å²) < 4.78 is 13.3. The molecule has 0 aromatic heterocycles. The second-order valence-electron chi connectivity index (χ2n) is 4.80. The number of hydrogen-bond donors (Lipinski definition) is 2. The SMILES string of the molecule is Cc1ccc(CCNc2cccc(F)c2N)cc1C. The number of benzene rings is 2. The minimum absolute atomic E-state index is 0.183. The van der Waals surface area contributed by atoms with Gasteiger partial charge in [0.15, 0.2) is 0 Å². The van der Waals surface area contributed by atoms with Crippen molar-refractivity contribution in [1.82, 2.24) is 0 Å². The van der Waals surface area contributed by atoms with Crippen LogP contribution in [-0.4, -0.2) is 6.54 Å². The van der Waals surface area contributed by atoms with Crippen LogP contribution in [0, 0.1) is 19.7 Å². The van der Waals surface area contributed by atoms with Crippen LogP contribution in [0.4, 0.5) is 15.8 Å². The van der Waals surface area contributed by atoms with Crippen molar-refractivity contribution in [2.45, 2.75) is 20.3 Å². The maximum absolute atomic E-state index is 13.3. The summed E-state index contributed by atoms with van der Waals surface area (Å²) in [5, 5.41) is 3.17. The third-order valence-corrected chi connectivity index (χ3v) is 3.35. The smallest absolute Gasteiger partial charge is 0.148 e. The Morgan fingerprint density at radius 3 is 2.63 bits per heavy atom. The fraction of sp³-hybridized carbons (Fsp3) is 0.250. The number of anilines is 2. The van der Waals surface area contributed by atoms with Gasteiger partial charge in [0.25, 0.3) is 0 Å². The van der Waals surface area contributed by atoms with E-state index in [2.05, 4.69) is 37.4 Å². The van der Waals surface area contributed by atoms with Gasteiger partial charge in [0.2, 0.25) is 0 Å². The largest absolute Gasteiger partial charge is 0.395 e. The average Bonchev–Trinajstić information content (AvgIpc) is 2.39. The summed E-state index contributed by atoms with van der Waals surface area (Å²) in [7, 11) is 0. The number of hydrogen-bond acceptors (Lipinski definition) is 2. The van der Waals surface area contributed by atoms with E-state index in [1.165, 1.54) is 22.8 Å². The van der Waals surface area contributed by atoms with Gasteiger partial charge in [-0.2, -0.15) is 0 Å². The molecule has 0 bridgehead atoms. The molecule has 0 unspecified atom stereocenters. The Morgan fingerprint density at radius 2 is 1.89 bits per heavy atom. The highest BCUT2D eigenvalue weighted by molar-refractivity contribution is 5.66. The lowest BCUT2D eigenvalue weighted by molar-refractivity contribution is 0.633. The molecular weight excluding hydrogens is 239 g/mol. The lowest BCUT2D eigenvalue weighted by Gasteiger charge is -2.10. The van der Waals surface area contributed by atoms with E-state index < -0.39 is 0 Å². The predicted molar refractivity (Wildman–Crippen MR) is 78.9 cm³/mol. The summed E-state index contributed by atoms with van der Waals surface area (Å²) in [6.45, 7) is 4.94. The summed E-state index contributed by atoms with van der Waals surface area (Å²) in [5.74, 6) is -0.379. The zero-order chi connectivity index (χ0) is 13.8. The van der Waals surface area contributed by atoms with Gasteiger partial charge < -0.3 is 11.1 Å². The number of halogens is 1. The minimum Gasteiger partial charge on any atom is -0.395 e. The average molecular weight is 258 g/mol. The van der Waals surface area contributed by atoms with Crippen LogP contribution < -0.4 is 11.1 Å². The van der Waals surface area contributed by atoms with Gasteiger partial charge in [-0.05, 0) is 49.1 Å². The molecule has 0 atom stereocenters. The Bertz CT molecular complexity index is 579. The van der Waals surface area contributed by atoms with Crippen LogP contribution in [0.15, 0.2) is 36.4 Å². The van der Waals surface area contributed by atoms with Crippen molar-refractivity contribution in [2.24, 2.45) is 0 Å². The first kappa shape index (κ1) is 13.4. The maximum Gasteiger partial charge on any atom is 0.148 e. The first-order valence-electron chi connectivity index (χ1n) is 6.42. The van der Waals surface area contributed by atoms with E-state index in [0.29, 0.717) is 5.69 Å². The highest BCUT2D eigenvalue weighted by atomic mass is 19.1. The van der Waals surface area contributed by atoms with Crippen molar-refractivity contribution < 1.29 is 4.39 Å². The van der Waals surface area contributed by atoms with E-state index in [-0.39, 0.29) is 11.5 Å². The minimum atomic E-state index is -0.379. The number of para-hydroxylation sites is 1. The molecule has 3 N–H and O–H groups in total. The number of nitrogen functional groups attached to an aromatic ring is 1. The molecule has 0 spiro atoms. The first-order valence-corrected chi connectivity index (χ1v) is 6.42. The van der Waals surface area contributed by atoms with Crippen LogP contribution in [0.1, 0.15) is 16.7 Å². The van der Waals surface area contributed by atoms with Crippen molar-refractivity contribution in [3.05, 3.63) is 58.9 Å². The molecule has 0 aliphatic heterocycles. The molecule has 2 aromatic carbocycles. The van der Waals surface area contributed by atoms with Crippen molar-refractivity contribution in [2.75, 3.05) is 17.6 Å². The Labute approximate surface area is 113 Å². The van der Waals surface area contributed by atoms with Crippen LogP contribution in [-0.2, 0) is 6.42 Å². The van der Waals surface area contributed by atoms with Crippen LogP contribution in [0.25, 0.3) is 0 Å². The molecular formula is C16H19FN2. The Hall–Kier alpha value is -2.03. The summed E-state index contributed by atoms with van der Waals surface area (Å²) in [4.78, 5) is 0. The lowest BCUT2D eigenvalue weighted by atomic mass is 10.0. The van der Waals surface area contributed by atoms with Gasteiger partial charge in [-0.3, -0.25) is 0 Å². The van der Waals surface area contributed by atoms with Gasteiger partial charge in [0, 0.05) is 6.54 Å². The summed E-state index contributed by atoms with van der Waals surface area (Å²) in [6.07, 6.45) is 0.886. The van der Waals surface area contributed by atoms with Gasteiger partial charge in [0.05, 0.1) is 11.4 Å². The fourth-order valence-electron chi connectivity index (χ4n) is 1.99. The molecule has 2 rings (SSSR count). The molecule has 0 aliphatic rings. The van der Waals surface area contributed by atoms with Crippen LogP contribution >= 0.6 is 0 Å². The third kappa shape index (κ3) is 3.25. The number of rotatable bonds is 4. The monoisotopic (exact) mass is 258 g/mol. The Balaban J connectivity index is 1.96. The van der Waals surface area contributed by atoms with E-state index in [1.807, 2.05) is 0 Å². The first-order chi connectivity index (χ1) is 9.08. The third-order valence-electron chi connectivity index (χ3n) is 3.35.